The number of rotatable bonds is 6. The predicted molar refractivity (Wildman–Crippen MR) is 115 cm³/mol. The largest absolute Gasteiger partial charge is 0.379 e. The van der Waals surface area contributed by atoms with Gasteiger partial charge in [0.05, 0.1) is 29.4 Å². The van der Waals surface area contributed by atoms with Crippen LogP contribution in [0.2, 0.25) is 0 Å². The van der Waals surface area contributed by atoms with Crippen LogP contribution in [0.4, 0.5) is 11.4 Å². The molecule has 0 atom stereocenters. The fourth-order valence-electron chi connectivity index (χ4n) is 5.25. The number of amides is 1. The number of nitro benzene ring substituents is 1. The summed E-state index contributed by atoms with van der Waals surface area (Å²) in [4.78, 5) is 28.8. The molecule has 3 aliphatic rings. The second-order valence-corrected chi connectivity index (χ2v) is 8.72. The fourth-order valence-corrected chi connectivity index (χ4v) is 5.25. The van der Waals surface area contributed by atoms with Gasteiger partial charge in [0.2, 0.25) is 0 Å². The van der Waals surface area contributed by atoms with Gasteiger partial charge < -0.3 is 15.0 Å². The third kappa shape index (κ3) is 4.44. The van der Waals surface area contributed by atoms with Gasteiger partial charge in [0.1, 0.15) is 0 Å². The second-order valence-electron chi connectivity index (χ2n) is 8.72. The Kier molecular flexibility index (Phi) is 6.53. The van der Waals surface area contributed by atoms with Crippen LogP contribution in [0.25, 0.3) is 0 Å². The van der Waals surface area contributed by atoms with E-state index in [9.17, 15) is 14.9 Å². The van der Waals surface area contributed by atoms with Crippen LogP contribution in [0, 0.1) is 10.1 Å². The van der Waals surface area contributed by atoms with Crippen LogP contribution < -0.4 is 10.2 Å². The second kappa shape index (κ2) is 9.31. The molecule has 0 spiro atoms. The maximum Gasteiger partial charge on any atom is 0.270 e. The first-order chi connectivity index (χ1) is 14.6. The molecule has 1 amide bonds. The lowest BCUT2D eigenvalue weighted by Crippen LogP contribution is -2.59. The first-order valence-corrected chi connectivity index (χ1v) is 11.2. The topological polar surface area (TPSA) is 88.0 Å². The van der Waals surface area contributed by atoms with Gasteiger partial charge in [0.25, 0.3) is 11.6 Å². The summed E-state index contributed by atoms with van der Waals surface area (Å²) in [7, 11) is 0. The number of morpholine rings is 1. The summed E-state index contributed by atoms with van der Waals surface area (Å²) in [5.41, 5.74) is 1.15. The molecule has 30 heavy (non-hydrogen) atoms. The van der Waals surface area contributed by atoms with Gasteiger partial charge in [-0.1, -0.05) is 19.3 Å². The summed E-state index contributed by atoms with van der Waals surface area (Å²) in [6, 6.07) is 4.67. The van der Waals surface area contributed by atoms with Crippen molar-refractivity contribution in [2.24, 2.45) is 0 Å². The van der Waals surface area contributed by atoms with E-state index in [2.05, 4.69) is 15.1 Å². The molecule has 2 heterocycles. The fraction of sp³-hybridized carbons (Fsp3) is 0.682. The number of nitrogens with zero attached hydrogens (tertiary/aromatic N) is 3. The Morgan fingerprint density at radius 1 is 1.07 bits per heavy atom. The van der Waals surface area contributed by atoms with Crippen LogP contribution in [0.15, 0.2) is 18.2 Å². The van der Waals surface area contributed by atoms with Crippen LogP contribution >= 0.6 is 0 Å². The number of ether oxygens (including phenoxy) is 1. The summed E-state index contributed by atoms with van der Waals surface area (Å²) in [5.74, 6) is -0.209. The summed E-state index contributed by atoms with van der Waals surface area (Å²) in [6.07, 6.45) is 7.88. The number of benzene rings is 1. The van der Waals surface area contributed by atoms with Crippen molar-refractivity contribution in [2.75, 3.05) is 50.8 Å². The molecule has 2 aliphatic heterocycles. The van der Waals surface area contributed by atoms with Gasteiger partial charge >= 0.3 is 0 Å². The Bertz CT molecular complexity index is 766. The Balaban J connectivity index is 1.54. The average molecular weight is 417 g/mol. The first kappa shape index (κ1) is 21.1. The Hall–Kier alpha value is -2.19. The molecule has 0 aromatic heterocycles. The van der Waals surface area contributed by atoms with E-state index in [1.54, 1.807) is 6.07 Å². The van der Waals surface area contributed by atoms with E-state index in [4.69, 9.17) is 4.74 Å². The Morgan fingerprint density at radius 2 is 1.77 bits per heavy atom. The predicted octanol–water partition coefficient (Wildman–Crippen LogP) is 2.96. The lowest BCUT2D eigenvalue weighted by atomic mass is 9.79. The normalized spacial score (nSPS) is 22.1. The van der Waals surface area contributed by atoms with E-state index in [1.165, 1.54) is 31.4 Å². The lowest BCUT2D eigenvalue weighted by Gasteiger charge is -2.48. The number of non-ortho nitro benzene ring substituents is 1. The highest BCUT2D eigenvalue weighted by atomic mass is 16.6. The summed E-state index contributed by atoms with van der Waals surface area (Å²) >= 11 is 0. The zero-order valence-corrected chi connectivity index (χ0v) is 17.6. The summed E-state index contributed by atoms with van der Waals surface area (Å²) in [5, 5.41) is 14.5. The summed E-state index contributed by atoms with van der Waals surface area (Å²) < 4.78 is 5.54. The van der Waals surface area contributed by atoms with Crippen molar-refractivity contribution in [1.82, 2.24) is 10.2 Å². The molecule has 4 rings (SSSR count). The highest BCUT2D eigenvalue weighted by molar-refractivity contribution is 6.00. The zero-order valence-electron chi connectivity index (χ0n) is 17.6. The van der Waals surface area contributed by atoms with Crippen LogP contribution in [0.1, 0.15) is 55.3 Å². The molecule has 1 aromatic carbocycles. The van der Waals surface area contributed by atoms with Crippen LogP contribution in [0.5, 0.6) is 0 Å². The van der Waals surface area contributed by atoms with Crippen LogP contribution in [-0.4, -0.2) is 67.2 Å². The smallest absolute Gasteiger partial charge is 0.270 e. The molecule has 1 saturated carbocycles. The van der Waals surface area contributed by atoms with Gasteiger partial charge in [0, 0.05) is 50.4 Å². The lowest BCUT2D eigenvalue weighted by molar-refractivity contribution is -0.384. The molecule has 1 aliphatic carbocycles. The van der Waals surface area contributed by atoms with E-state index in [1.807, 2.05) is 0 Å². The SMILES string of the molecule is O=C(NCC1(N2CCOCC2)CCCCC1)c1cc([N+](=O)[O-])ccc1N1CCCC1. The number of hydrogen-bond donors (Lipinski definition) is 1. The molecular weight excluding hydrogens is 384 g/mol. The maximum absolute atomic E-state index is 13.3. The molecule has 2 saturated heterocycles. The van der Waals surface area contributed by atoms with Gasteiger partial charge in [0.15, 0.2) is 0 Å². The third-order valence-electron chi connectivity index (χ3n) is 6.93. The minimum absolute atomic E-state index is 0.0355. The third-order valence-corrected chi connectivity index (χ3v) is 6.93. The van der Waals surface area contributed by atoms with Crippen molar-refractivity contribution in [2.45, 2.75) is 50.5 Å². The van der Waals surface area contributed by atoms with Gasteiger partial charge in [-0.05, 0) is 31.7 Å². The van der Waals surface area contributed by atoms with E-state index < -0.39 is 4.92 Å². The Morgan fingerprint density at radius 3 is 2.43 bits per heavy atom. The van der Waals surface area contributed by atoms with Gasteiger partial charge in [-0.15, -0.1) is 0 Å². The molecule has 8 heteroatoms. The monoisotopic (exact) mass is 416 g/mol. The molecule has 0 radical (unpaired) electrons. The van der Waals surface area contributed by atoms with E-state index >= 15 is 0 Å². The van der Waals surface area contributed by atoms with Crippen molar-refractivity contribution in [1.29, 1.82) is 0 Å². The molecule has 1 N–H and O–H groups in total. The van der Waals surface area contributed by atoms with E-state index in [0.717, 1.165) is 70.8 Å². The van der Waals surface area contributed by atoms with Crippen molar-refractivity contribution >= 4 is 17.3 Å². The molecule has 0 bridgehead atoms. The van der Waals surface area contributed by atoms with Crippen molar-refractivity contribution < 1.29 is 14.5 Å². The highest BCUT2D eigenvalue weighted by Crippen LogP contribution is 2.34. The molecule has 3 fully saturated rings. The molecule has 164 valence electrons. The standard InChI is InChI=1S/C22H32N4O4/c27-21(19-16-18(26(28)29)6-7-20(19)24-10-4-5-11-24)23-17-22(8-2-1-3-9-22)25-12-14-30-15-13-25/h6-7,16H,1-5,8-15,17H2,(H,23,27). The molecule has 8 nitrogen and oxygen atoms in total. The van der Waals surface area contributed by atoms with Crippen molar-refractivity contribution in [3.8, 4) is 0 Å². The van der Waals surface area contributed by atoms with Crippen LogP contribution in [0.3, 0.4) is 0 Å². The van der Waals surface area contributed by atoms with Gasteiger partial charge in [-0.2, -0.15) is 0 Å². The van der Waals surface area contributed by atoms with Gasteiger partial charge in [-0.3, -0.25) is 19.8 Å². The molecular formula is C22H32N4O4. The number of anilines is 1. The number of nitro groups is 1. The quantitative estimate of drug-likeness (QED) is 0.567. The highest BCUT2D eigenvalue weighted by Gasteiger charge is 2.39. The molecule has 0 unspecified atom stereocenters. The number of carbonyl (C=O) groups is 1. The maximum atomic E-state index is 13.3. The number of nitrogens with one attached hydrogen (secondary N) is 1. The van der Waals surface area contributed by atoms with E-state index in [0.29, 0.717) is 12.1 Å². The minimum Gasteiger partial charge on any atom is -0.379 e. The Labute approximate surface area is 177 Å². The van der Waals surface area contributed by atoms with E-state index in [-0.39, 0.29) is 17.1 Å². The molecule has 1 aromatic rings. The summed E-state index contributed by atoms with van der Waals surface area (Å²) in [6.45, 7) is 5.61. The number of carbonyl (C=O) groups excluding carboxylic acids is 1. The van der Waals surface area contributed by atoms with Crippen LogP contribution in [-0.2, 0) is 4.74 Å². The van der Waals surface area contributed by atoms with Crippen molar-refractivity contribution in [3.63, 3.8) is 0 Å². The minimum atomic E-state index is -0.430. The van der Waals surface area contributed by atoms with Crippen molar-refractivity contribution in [3.05, 3.63) is 33.9 Å². The zero-order chi connectivity index (χ0) is 21.0. The van der Waals surface area contributed by atoms with Gasteiger partial charge in [-0.25, -0.2) is 0 Å². The average Bonchev–Trinajstić information content (AvgIpc) is 3.33. The number of hydrogen-bond acceptors (Lipinski definition) is 6. The first-order valence-electron chi connectivity index (χ1n) is 11.2.